The van der Waals surface area contributed by atoms with Crippen molar-refractivity contribution in [1.29, 1.82) is 0 Å². The Bertz CT molecular complexity index is 729. The lowest BCUT2D eigenvalue weighted by Gasteiger charge is -2.32. The zero-order valence-electron chi connectivity index (χ0n) is 13.8. The summed E-state index contributed by atoms with van der Waals surface area (Å²) in [5, 5.41) is 5.98. The van der Waals surface area contributed by atoms with E-state index in [4.69, 9.17) is 4.74 Å². The Kier molecular flexibility index (Phi) is 3.84. The standard InChI is InChI=1S/C17H20N4O4/c22-14(20-9-10-25-13-4-2-1-3-12(13)20)11-21-15(23)17(19-16(21)24)5-7-18-8-6-17/h1-4,18H,5-11H2,(H,19,24). The summed E-state index contributed by atoms with van der Waals surface area (Å²) in [7, 11) is 0. The summed E-state index contributed by atoms with van der Waals surface area (Å²) in [6, 6.07) is 6.78. The highest BCUT2D eigenvalue weighted by Crippen LogP contribution is 2.32. The maximum atomic E-state index is 12.8. The van der Waals surface area contributed by atoms with E-state index in [1.165, 1.54) is 0 Å². The summed E-state index contributed by atoms with van der Waals surface area (Å²) in [4.78, 5) is 40.5. The zero-order valence-corrected chi connectivity index (χ0v) is 13.8. The molecule has 0 bridgehead atoms. The first kappa shape index (κ1) is 15.9. The molecule has 0 radical (unpaired) electrons. The highest BCUT2D eigenvalue weighted by atomic mass is 16.5. The topological polar surface area (TPSA) is 91.0 Å². The minimum absolute atomic E-state index is 0.256. The summed E-state index contributed by atoms with van der Waals surface area (Å²) < 4.78 is 5.55. The molecule has 3 aliphatic rings. The van der Waals surface area contributed by atoms with Gasteiger partial charge >= 0.3 is 6.03 Å². The second-order valence-corrected chi connectivity index (χ2v) is 6.52. The van der Waals surface area contributed by atoms with Crippen molar-refractivity contribution >= 4 is 23.5 Å². The third kappa shape index (κ3) is 2.62. The molecule has 0 aliphatic carbocycles. The van der Waals surface area contributed by atoms with E-state index < -0.39 is 11.6 Å². The lowest BCUT2D eigenvalue weighted by atomic mass is 9.88. The van der Waals surface area contributed by atoms with Gasteiger partial charge in [0.2, 0.25) is 5.91 Å². The average Bonchev–Trinajstić information content (AvgIpc) is 2.86. The highest BCUT2D eigenvalue weighted by molar-refractivity contribution is 6.10. The first-order valence-electron chi connectivity index (χ1n) is 8.48. The Hall–Kier alpha value is -2.61. The molecule has 132 valence electrons. The third-order valence-corrected chi connectivity index (χ3v) is 5.03. The van der Waals surface area contributed by atoms with Crippen molar-refractivity contribution < 1.29 is 19.1 Å². The minimum atomic E-state index is -0.856. The molecule has 4 amide bonds. The average molecular weight is 344 g/mol. The van der Waals surface area contributed by atoms with Crippen LogP contribution in [0.4, 0.5) is 10.5 Å². The van der Waals surface area contributed by atoms with E-state index >= 15 is 0 Å². The van der Waals surface area contributed by atoms with E-state index in [1.807, 2.05) is 12.1 Å². The predicted octanol–water partition coefficient (Wildman–Crippen LogP) is 0.0860. The van der Waals surface area contributed by atoms with Crippen LogP contribution in [0, 0.1) is 0 Å². The molecular formula is C17H20N4O4. The van der Waals surface area contributed by atoms with Gasteiger partial charge < -0.3 is 20.3 Å². The van der Waals surface area contributed by atoms with Gasteiger partial charge in [-0.05, 0) is 38.1 Å². The normalized spacial score (nSPS) is 21.8. The van der Waals surface area contributed by atoms with Crippen molar-refractivity contribution in [2.24, 2.45) is 0 Å². The van der Waals surface area contributed by atoms with E-state index in [1.54, 1.807) is 17.0 Å². The molecule has 2 saturated heterocycles. The van der Waals surface area contributed by atoms with Gasteiger partial charge in [0.15, 0.2) is 0 Å². The van der Waals surface area contributed by atoms with E-state index in [0.717, 1.165) is 4.90 Å². The Morgan fingerprint density at radius 1 is 1.20 bits per heavy atom. The highest BCUT2D eigenvalue weighted by Gasteiger charge is 2.52. The zero-order chi connectivity index (χ0) is 17.4. The molecule has 4 rings (SSSR count). The molecule has 0 aromatic heterocycles. The van der Waals surface area contributed by atoms with Crippen molar-refractivity contribution in [3.05, 3.63) is 24.3 Å². The molecule has 0 saturated carbocycles. The minimum Gasteiger partial charge on any atom is -0.490 e. The Morgan fingerprint density at radius 2 is 1.96 bits per heavy atom. The number of hydrogen-bond acceptors (Lipinski definition) is 5. The van der Waals surface area contributed by atoms with Crippen molar-refractivity contribution in [3.63, 3.8) is 0 Å². The number of piperidine rings is 1. The third-order valence-electron chi connectivity index (χ3n) is 5.03. The van der Waals surface area contributed by atoms with Gasteiger partial charge in [-0.15, -0.1) is 0 Å². The van der Waals surface area contributed by atoms with Crippen molar-refractivity contribution in [2.45, 2.75) is 18.4 Å². The van der Waals surface area contributed by atoms with Crippen LogP contribution in [-0.4, -0.2) is 61.1 Å². The van der Waals surface area contributed by atoms with E-state index in [2.05, 4.69) is 10.6 Å². The fraction of sp³-hybridized carbons (Fsp3) is 0.471. The number of nitrogens with zero attached hydrogens (tertiary/aromatic N) is 2. The molecule has 0 atom stereocenters. The fourth-order valence-corrected chi connectivity index (χ4v) is 3.66. The Morgan fingerprint density at radius 3 is 2.76 bits per heavy atom. The van der Waals surface area contributed by atoms with Crippen LogP contribution in [0.3, 0.4) is 0 Å². The SMILES string of the molecule is O=C1NC2(CCNCC2)C(=O)N1CC(=O)N1CCOc2ccccc21. The summed E-state index contributed by atoms with van der Waals surface area (Å²) in [5.74, 6) is 0.0493. The molecule has 2 N–H and O–H groups in total. The van der Waals surface area contributed by atoms with Gasteiger partial charge in [-0.3, -0.25) is 14.5 Å². The van der Waals surface area contributed by atoms with Crippen LogP contribution in [0.5, 0.6) is 5.75 Å². The first-order chi connectivity index (χ1) is 12.1. The molecular weight excluding hydrogens is 324 g/mol. The Balaban J connectivity index is 1.52. The van der Waals surface area contributed by atoms with Gasteiger partial charge in [0.1, 0.15) is 24.4 Å². The largest absolute Gasteiger partial charge is 0.490 e. The number of anilines is 1. The number of urea groups is 1. The van der Waals surface area contributed by atoms with Crippen molar-refractivity contribution in [1.82, 2.24) is 15.5 Å². The summed E-state index contributed by atoms with van der Waals surface area (Å²) >= 11 is 0. The van der Waals surface area contributed by atoms with Gasteiger partial charge in [0.25, 0.3) is 5.91 Å². The second-order valence-electron chi connectivity index (χ2n) is 6.52. The lowest BCUT2D eigenvalue weighted by Crippen LogP contribution is -2.54. The van der Waals surface area contributed by atoms with Crippen LogP contribution in [0.25, 0.3) is 0 Å². The number of benzene rings is 1. The monoisotopic (exact) mass is 344 g/mol. The van der Waals surface area contributed by atoms with Crippen LogP contribution >= 0.6 is 0 Å². The molecule has 3 heterocycles. The summed E-state index contributed by atoms with van der Waals surface area (Å²) in [5.41, 5.74) is -0.187. The van der Waals surface area contributed by atoms with Gasteiger partial charge in [0.05, 0.1) is 12.2 Å². The molecule has 2 fully saturated rings. The first-order valence-corrected chi connectivity index (χ1v) is 8.48. The van der Waals surface area contributed by atoms with Crippen molar-refractivity contribution in [3.8, 4) is 5.75 Å². The maximum Gasteiger partial charge on any atom is 0.325 e. The number of carbonyl (C=O) groups excluding carboxylic acids is 3. The molecule has 25 heavy (non-hydrogen) atoms. The van der Waals surface area contributed by atoms with Gasteiger partial charge in [-0.1, -0.05) is 12.1 Å². The van der Waals surface area contributed by atoms with Crippen LogP contribution in [0.15, 0.2) is 24.3 Å². The van der Waals surface area contributed by atoms with Crippen LogP contribution in [-0.2, 0) is 9.59 Å². The van der Waals surface area contributed by atoms with Crippen LogP contribution in [0.2, 0.25) is 0 Å². The quantitative estimate of drug-likeness (QED) is 0.742. The number of carbonyl (C=O) groups is 3. The predicted molar refractivity (Wildman–Crippen MR) is 89.4 cm³/mol. The summed E-state index contributed by atoms with van der Waals surface area (Å²) in [6.07, 6.45) is 1.09. The number of amides is 4. The van der Waals surface area contributed by atoms with Crippen LogP contribution in [0.1, 0.15) is 12.8 Å². The number of imide groups is 1. The maximum absolute atomic E-state index is 12.8. The lowest BCUT2D eigenvalue weighted by molar-refractivity contribution is -0.135. The smallest absolute Gasteiger partial charge is 0.325 e. The number of nitrogens with one attached hydrogen (secondary N) is 2. The Labute approximate surface area is 145 Å². The molecule has 8 heteroatoms. The number of rotatable bonds is 2. The number of hydrogen-bond donors (Lipinski definition) is 2. The van der Waals surface area contributed by atoms with Gasteiger partial charge in [0, 0.05) is 0 Å². The van der Waals surface area contributed by atoms with Crippen LogP contribution < -0.4 is 20.3 Å². The summed E-state index contributed by atoms with van der Waals surface area (Å²) in [6.45, 7) is 1.87. The number of ether oxygens (including phenoxy) is 1. The molecule has 1 spiro atoms. The fourth-order valence-electron chi connectivity index (χ4n) is 3.66. The van der Waals surface area contributed by atoms with E-state index in [-0.39, 0.29) is 18.4 Å². The molecule has 1 aromatic carbocycles. The van der Waals surface area contributed by atoms with E-state index in [0.29, 0.717) is 50.5 Å². The van der Waals surface area contributed by atoms with Gasteiger partial charge in [-0.2, -0.15) is 0 Å². The number of fused-ring (bicyclic) bond motifs is 1. The van der Waals surface area contributed by atoms with E-state index in [9.17, 15) is 14.4 Å². The molecule has 3 aliphatic heterocycles. The molecule has 8 nitrogen and oxygen atoms in total. The number of para-hydroxylation sites is 2. The second kappa shape index (κ2) is 6.03. The van der Waals surface area contributed by atoms with Crippen molar-refractivity contribution in [2.75, 3.05) is 37.7 Å². The molecule has 0 unspecified atom stereocenters. The van der Waals surface area contributed by atoms with Gasteiger partial charge in [-0.25, -0.2) is 4.79 Å². The molecule has 1 aromatic rings.